The molecule has 0 spiro atoms. The first kappa shape index (κ1) is 19.7. The fourth-order valence-electron chi connectivity index (χ4n) is 2.70. The second kappa shape index (κ2) is 6.94. The fraction of sp³-hybridized carbons (Fsp3) is 0.789. The minimum atomic E-state index is -1.86. The first-order valence-corrected chi connectivity index (χ1v) is 11.8. The van der Waals surface area contributed by atoms with Gasteiger partial charge in [-0.2, -0.15) is 0 Å². The van der Waals surface area contributed by atoms with Crippen molar-refractivity contribution in [2.24, 2.45) is 0 Å². The molecule has 2 aliphatic rings. The summed E-state index contributed by atoms with van der Waals surface area (Å²) in [6.45, 7) is 17.8. The molecule has 24 heavy (non-hydrogen) atoms. The molecule has 2 heterocycles. The van der Waals surface area contributed by atoms with Crippen LogP contribution in [0.3, 0.4) is 0 Å². The van der Waals surface area contributed by atoms with Crippen LogP contribution in [0.5, 0.6) is 0 Å². The summed E-state index contributed by atoms with van der Waals surface area (Å²) in [7, 11) is -1.86. The molecule has 0 N–H and O–H groups in total. The molecule has 5 heteroatoms. The molecule has 2 rings (SSSR count). The lowest BCUT2D eigenvalue weighted by molar-refractivity contribution is -0.156. The monoisotopic (exact) mass is 354 g/mol. The van der Waals surface area contributed by atoms with Gasteiger partial charge in [0.15, 0.2) is 5.79 Å². The van der Waals surface area contributed by atoms with Gasteiger partial charge < -0.3 is 18.6 Å². The molecule has 1 saturated heterocycles. The second-order valence-corrected chi connectivity index (χ2v) is 13.5. The maximum Gasteiger partial charge on any atom is 0.250 e. The second-order valence-electron chi connectivity index (χ2n) is 8.73. The van der Waals surface area contributed by atoms with Crippen molar-refractivity contribution in [2.45, 2.75) is 90.2 Å². The molecule has 0 aliphatic carbocycles. The van der Waals surface area contributed by atoms with Crippen LogP contribution < -0.4 is 0 Å². The molecule has 0 saturated carbocycles. The number of ether oxygens (including phenoxy) is 3. The van der Waals surface area contributed by atoms with Gasteiger partial charge in [-0.25, -0.2) is 0 Å². The molecule has 0 radical (unpaired) electrons. The highest BCUT2D eigenvalue weighted by atomic mass is 28.4. The van der Waals surface area contributed by atoms with Gasteiger partial charge in [0.25, 0.3) is 0 Å². The van der Waals surface area contributed by atoms with Crippen molar-refractivity contribution in [3.63, 3.8) is 0 Å². The fourth-order valence-corrected chi connectivity index (χ4v) is 3.81. The highest BCUT2D eigenvalue weighted by Crippen LogP contribution is 2.40. The Bertz CT molecular complexity index is 502. The quantitative estimate of drug-likeness (QED) is 0.538. The van der Waals surface area contributed by atoms with Gasteiger partial charge in [-0.1, -0.05) is 32.9 Å². The van der Waals surface area contributed by atoms with Crippen LogP contribution in [0, 0.1) is 0 Å². The van der Waals surface area contributed by atoms with E-state index in [2.05, 4.69) is 46.0 Å². The van der Waals surface area contributed by atoms with Gasteiger partial charge in [-0.3, -0.25) is 0 Å². The number of hydrogen-bond acceptors (Lipinski definition) is 4. The Morgan fingerprint density at radius 2 is 1.96 bits per heavy atom. The molecule has 0 aromatic rings. The Morgan fingerprint density at radius 1 is 1.29 bits per heavy atom. The van der Waals surface area contributed by atoms with Crippen molar-refractivity contribution in [3.05, 3.63) is 24.0 Å². The lowest BCUT2D eigenvalue weighted by atomic mass is 10.1. The van der Waals surface area contributed by atoms with Crippen LogP contribution in [0.1, 0.15) is 48.0 Å². The summed E-state index contributed by atoms with van der Waals surface area (Å²) in [5.74, 6) is 0.491. The Balaban J connectivity index is 2.19. The first-order valence-electron chi connectivity index (χ1n) is 8.93. The average molecular weight is 355 g/mol. The van der Waals surface area contributed by atoms with Crippen LogP contribution in [0.2, 0.25) is 18.1 Å². The highest BCUT2D eigenvalue weighted by molar-refractivity contribution is 6.74. The molecule has 3 atom stereocenters. The third-order valence-corrected chi connectivity index (χ3v) is 9.47. The van der Waals surface area contributed by atoms with Crippen molar-refractivity contribution in [1.82, 2.24) is 0 Å². The lowest BCUT2D eigenvalue weighted by Crippen LogP contribution is -2.43. The third-order valence-electron chi connectivity index (χ3n) is 5.08. The van der Waals surface area contributed by atoms with Gasteiger partial charge >= 0.3 is 0 Å². The van der Waals surface area contributed by atoms with Gasteiger partial charge in [-0.05, 0) is 45.0 Å². The van der Waals surface area contributed by atoms with E-state index >= 15 is 0 Å². The van der Waals surface area contributed by atoms with E-state index in [-0.39, 0.29) is 23.4 Å². The zero-order chi connectivity index (χ0) is 18.2. The van der Waals surface area contributed by atoms with Gasteiger partial charge in [0.05, 0.1) is 18.5 Å². The van der Waals surface area contributed by atoms with E-state index in [9.17, 15) is 0 Å². The Labute approximate surface area is 148 Å². The lowest BCUT2D eigenvalue weighted by Gasteiger charge is -2.40. The maximum atomic E-state index is 6.55. The predicted molar refractivity (Wildman–Crippen MR) is 99.4 cm³/mol. The molecule has 0 aromatic heterocycles. The van der Waals surface area contributed by atoms with Crippen LogP contribution in [0.4, 0.5) is 0 Å². The molecule has 0 bridgehead atoms. The largest absolute Gasteiger partial charge is 0.547 e. The summed E-state index contributed by atoms with van der Waals surface area (Å²) in [4.78, 5) is 0. The van der Waals surface area contributed by atoms with Crippen LogP contribution in [-0.4, -0.2) is 39.0 Å². The van der Waals surface area contributed by atoms with Crippen molar-refractivity contribution in [3.8, 4) is 0 Å². The number of allylic oxidation sites excluding steroid dienone is 1. The zero-order valence-electron chi connectivity index (χ0n) is 16.5. The standard InChI is InChI=1S/C19H34O4Si/c1-9-10-14-11-15(23-24(7,8)18(2,3)4)12-16(21-14)17-13-20-19(5,6)22-17/h9-10,12,14,16-17H,11,13H2,1-8H3/b10-9+/t14?,16?,17-/m1/s1. The average Bonchev–Trinajstić information content (AvgIpc) is 2.77. The topological polar surface area (TPSA) is 36.9 Å². The Hall–Kier alpha value is -0.623. The van der Waals surface area contributed by atoms with E-state index in [1.54, 1.807) is 0 Å². The minimum absolute atomic E-state index is 0.0251. The van der Waals surface area contributed by atoms with Gasteiger partial charge in [0.2, 0.25) is 8.32 Å². The molecule has 0 amide bonds. The molecular formula is C19H34O4Si. The van der Waals surface area contributed by atoms with Gasteiger partial charge in [-0.15, -0.1) is 0 Å². The van der Waals surface area contributed by atoms with Crippen molar-refractivity contribution in [2.75, 3.05) is 6.61 Å². The van der Waals surface area contributed by atoms with E-state index in [0.29, 0.717) is 6.61 Å². The molecule has 2 aliphatic heterocycles. The molecule has 0 aromatic carbocycles. The summed E-state index contributed by atoms with van der Waals surface area (Å²) in [6, 6.07) is 0. The first-order chi connectivity index (χ1) is 10.9. The summed E-state index contributed by atoms with van der Waals surface area (Å²) >= 11 is 0. The van der Waals surface area contributed by atoms with Gasteiger partial charge in [0, 0.05) is 6.42 Å². The minimum Gasteiger partial charge on any atom is -0.547 e. The van der Waals surface area contributed by atoms with Crippen LogP contribution >= 0.6 is 0 Å². The smallest absolute Gasteiger partial charge is 0.250 e. The number of hydrogen-bond donors (Lipinski definition) is 0. The van der Waals surface area contributed by atoms with E-state index in [4.69, 9.17) is 18.6 Å². The van der Waals surface area contributed by atoms with Crippen LogP contribution in [0.15, 0.2) is 24.0 Å². The van der Waals surface area contributed by atoms with E-state index in [0.717, 1.165) is 12.2 Å². The highest BCUT2D eigenvalue weighted by Gasteiger charge is 2.42. The molecule has 138 valence electrons. The predicted octanol–water partition coefficient (Wildman–Crippen LogP) is 4.78. The maximum absolute atomic E-state index is 6.55. The van der Waals surface area contributed by atoms with Crippen molar-refractivity contribution >= 4 is 8.32 Å². The van der Waals surface area contributed by atoms with Crippen molar-refractivity contribution < 1.29 is 18.6 Å². The Morgan fingerprint density at radius 3 is 2.46 bits per heavy atom. The van der Waals surface area contributed by atoms with E-state index in [1.165, 1.54) is 0 Å². The van der Waals surface area contributed by atoms with Crippen molar-refractivity contribution in [1.29, 1.82) is 0 Å². The third kappa shape index (κ3) is 4.72. The van der Waals surface area contributed by atoms with Crippen LogP contribution in [-0.2, 0) is 18.6 Å². The molecular weight excluding hydrogens is 320 g/mol. The number of rotatable bonds is 4. The SMILES string of the molecule is C/C=C/C1CC(O[Si](C)(C)C(C)(C)C)=CC([C@H]2COC(C)(C)O2)O1. The summed E-state index contributed by atoms with van der Waals surface area (Å²) in [6.07, 6.45) is 6.81. The summed E-state index contributed by atoms with van der Waals surface area (Å²) < 4.78 is 24.5. The zero-order valence-corrected chi connectivity index (χ0v) is 17.5. The summed E-state index contributed by atoms with van der Waals surface area (Å²) in [5.41, 5.74) is 0. The van der Waals surface area contributed by atoms with Crippen LogP contribution in [0.25, 0.3) is 0 Å². The molecule has 2 unspecified atom stereocenters. The molecule has 4 nitrogen and oxygen atoms in total. The van der Waals surface area contributed by atoms with E-state index in [1.807, 2.05) is 26.8 Å². The summed E-state index contributed by atoms with van der Waals surface area (Å²) in [5, 5.41) is 0.173. The van der Waals surface area contributed by atoms with Gasteiger partial charge in [0.1, 0.15) is 12.2 Å². The van der Waals surface area contributed by atoms with E-state index < -0.39 is 14.1 Å². The Kier molecular flexibility index (Phi) is 5.70. The molecule has 1 fully saturated rings. The normalized spacial score (nSPS) is 31.3.